The maximum absolute atomic E-state index is 13.0. The van der Waals surface area contributed by atoms with Crippen LogP contribution in [0.25, 0.3) is 0 Å². The number of amides is 1. The largest absolute Gasteiger partial charge is 0.372 e. The van der Waals surface area contributed by atoms with Crippen molar-refractivity contribution in [1.29, 1.82) is 0 Å². The standard InChI is InChI=1S/C29H33N3O/c1-3-19-32(20-4-2)26-17-15-23(16-18-26)22-30-31-28(33)27-21-29(27,24-11-7-5-8-12-24)25-13-9-6-10-14-25/h5-18,22,27H,3-4,19-21H2,1-2H3,(H,31,33)/b30-22-. The highest BCUT2D eigenvalue weighted by molar-refractivity contribution is 5.88. The zero-order valence-corrected chi connectivity index (χ0v) is 19.6. The molecule has 1 saturated carbocycles. The van der Waals surface area contributed by atoms with E-state index in [1.54, 1.807) is 6.21 Å². The molecule has 1 aliphatic carbocycles. The Bertz CT molecular complexity index is 1020. The lowest BCUT2D eigenvalue weighted by Crippen LogP contribution is -2.25. The molecule has 1 atom stereocenters. The van der Waals surface area contributed by atoms with Crippen LogP contribution in [-0.4, -0.2) is 25.2 Å². The molecule has 4 nitrogen and oxygen atoms in total. The van der Waals surface area contributed by atoms with Crippen molar-refractivity contribution in [2.24, 2.45) is 11.0 Å². The maximum Gasteiger partial charge on any atom is 0.244 e. The Morgan fingerprint density at radius 3 is 1.97 bits per heavy atom. The van der Waals surface area contributed by atoms with Gasteiger partial charge in [0, 0.05) is 24.2 Å². The summed E-state index contributed by atoms with van der Waals surface area (Å²) in [6.07, 6.45) is 4.77. The van der Waals surface area contributed by atoms with Crippen molar-refractivity contribution >= 4 is 17.8 Å². The van der Waals surface area contributed by atoms with E-state index in [4.69, 9.17) is 0 Å². The van der Waals surface area contributed by atoms with Crippen molar-refractivity contribution < 1.29 is 4.79 Å². The highest BCUT2D eigenvalue weighted by Crippen LogP contribution is 2.58. The number of benzene rings is 3. The van der Waals surface area contributed by atoms with Crippen LogP contribution in [-0.2, 0) is 10.2 Å². The summed E-state index contributed by atoms with van der Waals surface area (Å²) in [5.74, 6) is -0.161. The zero-order chi connectivity index (χ0) is 23.1. The Labute approximate surface area is 197 Å². The van der Waals surface area contributed by atoms with Gasteiger partial charge in [-0.3, -0.25) is 4.79 Å². The molecule has 170 valence electrons. The molecule has 3 aromatic rings. The van der Waals surface area contributed by atoms with Gasteiger partial charge in [-0.2, -0.15) is 5.10 Å². The molecule has 0 saturated heterocycles. The summed E-state index contributed by atoms with van der Waals surface area (Å²) in [4.78, 5) is 15.4. The molecule has 1 unspecified atom stereocenters. The lowest BCUT2D eigenvalue weighted by Gasteiger charge is -2.23. The van der Waals surface area contributed by atoms with Crippen molar-refractivity contribution in [3.63, 3.8) is 0 Å². The molecule has 0 bridgehead atoms. The SMILES string of the molecule is CCCN(CCC)c1ccc(/C=N\NC(=O)C2CC2(c2ccccc2)c2ccccc2)cc1. The second-order valence-corrected chi connectivity index (χ2v) is 8.77. The molecule has 0 spiro atoms. The first-order chi connectivity index (χ1) is 16.2. The number of rotatable bonds is 10. The fraction of sp³-hybridized carbons (Fsp3) is 0.310. The number of carbonyl (C=O) groups excluding carboxylic acids is 1. The van der Waals surface area contributed by atoms with E-state index in [2.05, 4.69) is 77.8 Å². The summed E-state index contributed by atoms with van der Waals surface area (Å²) in [6.45, 7) is 6.53. The highest BCUT2D eigenvalue weighted by atomic mass is 16.2. The predicted molar refractivity (Wildman–Crippen MR) is 137 cm³/mol. The third kappa shape index (κ3) is 5.00. The fourth-order valence-electron chi connectivity index (χ4n) is 4.78. The number of nitrogens with zero attached hydrogens (tertiary/aromatic N) is 2. The van der Waals surface area contributed by atoms with Crippen molar-refractivity contribution in [2.45, 2.75) is 38.5 Å². The summed E-state index contributed by atoms with van der Waals surface area (Å²) < 4.78 is 0. The van der Waals surface area contributed by atoms with Crippen LogP contribution < -0.4 is 10.3 Å². The Morgan fingerprint density at radius 2 is 1.45 bits per heavy atom. The topological polar surface area (TPSA) is 44.7 Å². The molecule has 1 fully saturated rings. The minimum Gasteiger partial charge on any atom is -0.372 e. The van der Waals surface area contributed by atoms with Gasteiger partial charge in [0.15, 0.2) is 0 Å². The number of anilines is 1. The summed E-state index contributed by atoms with van der Waals surface area (Å²) >= 11 is 0. The molecule has 3 aromatic carbocycles. The predicted octanol–water partition coefficient (Wildman–Crippen LogP) is 5.77. The normalized spacial score (nSPS) is 16.5. The first-order valence-corrected chi connectivity index (χ1v) is 12.0. The van der Waals surface area contributed by atoms with Gasteiger partial charge in [-0.05, 0) is 48.1 Å². The van der Waals surface area contributed by atoms with Gasteiger partial charge < -0.3 is 4.90 Å². The van der Waals surface area contributed by atoms with Crippen molar-refractivity contribution in [3.05, 3.63) is 102 Å². The van der Waals surface area contributed by atoms with Crippen LogP contribution >= 0.6 is 0 Å². The highest BCUT2D eigenvalue weighted by Gasteiger charge is 2.60. The van der Waals surface area contributed by atoms with Gasteiger partial charge in [-0.25, -0.2) is 5.43 Å². The Morgan fingerprint density at radius 1 is 0.909 bits per heavy atom. The van der Waals surface area contributed by atoms with Crippen LogP contribution in [0, 0.1) is 5.92 Å². The molecule has 1 N–H and O–H groups in total. The van der Waals surface area contributed by atoms with E-state index in [0.29, 0.717) is 0 Å². The first-order valence-electron chi connectivity index (χ1n) is 12.0. The molecular formula is C29H33N3O. The van der Waals surface area contributed by atoms with Gasteiger partial charge >= 0.3 is 0 Å². The number of nitrogens with one attached hydrogen (secondary N) is 1. The van der Waals surface area contributed by atoms with Crippen LogP contribution in [0.4, 0.5) is 5.69 Å². The summed E-state index contributed by atoms with van der Waals surface area (Å²) in [6, 6.07) is 29.0. The van der Waals surface area contributed by atoms with Gasteiger partial charge in [-0.1, -0.05) is 86.6 Å². The quantitative estimate of drug-likeness (QED) is 0.322. The smallest absolute Gasteiger partial charge is 0.244 e. The van der Waals surface area contributed by atoms with E-state index in [1.807, 2.05) is 36.4 Å². The van der Waals surface area contributed by atoms with Crippen LogP contribution in [0.3, 0.4) is 0 Å². The summed E-state index contributed by atoms with van der Waals surface area (Å²) in [5, 5.41) is 4.26. The van der Waals surface area contributed by atoms with Crippen molar-refractivity contribution in [3.8, 4) is 0 Å². The third-order valence-electron chi connectivity index (χ3n) is 6.49. The van der Waals surface area contributed by atoms with E-state index in [0.717, 1.165) is 37.9 Å². The molecule has 0 heterocycles. The molecule has 1 aliphatic rings. The minimum atomic E-state index is -0.272. The molecule has 4 rings (SSSR count). The van der Waals surface area contributed by atoms with E-state index in [9.17, 15) is 4.79 Å². The fourth-order valence-corrected chi connectivity index (χ4v) is 4.78. The number of carbonyl (C=O) groups is 1. The maximum atomic E-state index is 13.0. The van der Waals surface area contributed by atoms with Gasteiger partial charge in [0.2, 0.25) is 5.91 Å². The second kappa shape index (κ2) is 10.5. The zero-order valence-electron chi connectivity index (χ0n) is 19.6. The number of hydrogen-bond acceptors (Lipinski definition) is 3. The third-order valence-corrected chi connectivity index (χ3v) is 6.49. The molecule has 0 aliphatic heterocycles. The number of hydrogen-bond donors (Lipinski definition) is 1. The lowest BCUT2D eigenvalue weighted by atomic mass is 9.85. The Balaban J connectivity index is 1.43. The van der Waals surface area contributed by atoms with Crippen LogP contribution in [0.5, 0.6) is 0 Å². The van der Waals surface area contributed by atoms with Gasteiger partial charge in [0.05, 0.1) is 12.1 Å². The molecule has 0 aromatic heterocycles. The lowest BCUT2D eigenvalue weighted by molar-refractivity contribution is -0.122. The molecule has 4 heteroatoms. The molecular weight excluding hydrogens is 406 g/mol. The molecule has 33 heavy (non-hydrogen) atoms. The summed E-state index contributed by atoms with van der Waals surface area (Å²) in [7, 11) is 0. The van der Waals surface area contributed by atoms with Crippen molar-refractivity contribution in [1.82, 2.24) is 5.43 Å². The first kappa shape index (κ1) is 22.8. The van der Waals surface area contributed by atoms with Gasteiger partial charge in [0.25, 0.3) is 0 Å². The number of hydrazone groups is 1. The van der Waals surface area contributed by atoms with Crippen LogP contribution in [0.2, 0.25) is 0 Å². The monoisotopic (exact) mass is 439 g/mol. The summed E-state index contributed by atoms with van der Waals surface area (Å²) in [5.41, 5.74) is 7.08. The molecule has 1 amide bonds. The Kier molecular flexibility index (Phi) is 7.23. The van der Waals surface area contributed by atoms with Gasteiger partial charge in [-0.15, -0.1) is 0 Å². The average Bonchev–Trinajstić information content (AvgIpc) is 3.63. The van der Waals surface area contributed by atoms with Gasteiger partial charge in [0.1, 0.15) is 0 Å². The van der Waals surface area contributed by atoms with Crippen molar-refractivity contribution in [2.75, 3.05) is 18.0 Å². The second-order valence-electron chi connectivity index (χ2n) is 8.77. The van der Waals surface area contributed by atoms with E-state index >= 15 is 0 Å². The average molecular weight is 440 g/mol. The Hall–Kier alpha value is -3.40. The van der Waals surface area contributed by atoms with Crippen LogP contribution in [0.1, 0.15) is 49.8 Å². The van der Waals surface area contributed by atoms with E-state index in [-0.39, 0.29) is 17.2 Å². The van der Waals surface area contributed by atoms with E-state index in [1.165, 1.54) is 16.8 Å². The van der Waals surface area contributed by atoms with Crippen LogP contribution in [0.15, 0.2) is 90.0 Å². The molecule has 0 radical (unpaired) electrons. The minimum absolute atomic E-state index is 0.0346. The van der Waals surface area contributed by atoms with E-state index < -0.39 is 0 Å².